The summed E-state index contributed by atoms with van der Waals surface area (Å²) >= 11 is 0. The third-order valence-electron chi connectivity index (χ3n) is 1.89. The van der Waals surface area contributed by atoms with E-state index in [0.29, 0.717) is 0 Å². The summed E-state index contributed by atoms with van der Waals surface area (Å²) in [4.78, 5) is 21.9. The minimum Gasteiger partial charge on any atom is -0.479 e. The Hall–Kier alpha value is -1.58. The zero-order chi connectivity index (χ0) is 17.5. The average Bonchev–Trinajstić information content (AvgIpc) is 2.32. The lowest BCUT2D eigenvalue weighted by atomic mass is 10.3. The topological polar surface area (TPSA) is 224 Å². The quantitative estimate of drug-likeness (QED) is 0.208. The largest absolute Gasteiger partial charge is 0.479 e. The predicted molar refractivity (Wildman–Crippen MR) is 71.0 cm³/mol. The van der Waals surface area contributed by atoms with Gasteiger partial charge in [0.1, 0.15) is 6.61 Å². The van der Waals surface area contributed by atoms with Crippen LogP contribution in [0, 0.1) is 0 Å². The summed E-state index contributed by atoms with van der Waals surface area (Å²) in [5.41, 5.74) is 0. The van der Waals surface area contributed by atoms with Gasteiger partial charge in [-0.3, -0.25) is 13.9 Å². The van der Waals surface area contributed by atoms with Gasteiger partial charge < -0.3 is 20.4 Å². The number of aliphatic hydroxyl groups excluding tert-OH is 1. The number of carboxylic acids is 1. The van der Waals surface area contributed by atoms with E-state index in [1.54, 1.807) is 0 Å². The molecule has 0 aliphatic rings. The Balaban J connectivity index is -0.00000115. The first-order valence-electron chi connectivity index (χ1n) is 4.84. The van der Waals surface area contributed by atoms with E-state index >= 15 is 0 Å². The van der Waals surface area contributed by atoms with Crippen molar-refractivity contribution in [2.75, 3.05) is 13.2 Å². The van der Waals surface area contributed by atoms with Gasteiger partial charge in [0.2, 0.25) is 0 Å². The molecular weight excluding hydrogens is 352 g/mol. The summed E-state index contributed by atoms with van der Waals surface area (Å²) in [6, 6.07) is 0. The lowest BCUT2D eigenvalue weighted by Gasteiger charge is -2.21. The predicted octanol–water partition coefficient (Wildman–Crippen LogP) is -2.55. The Morgan fingerprint density at radius 3 is 1.64 bits per heavy atom. The van der Waals surface area contributed by atoms with Crippen LogP contribution >= 0.6 is 0 Å². The Morgan fingerprint density at radius 2 is 1.41 bits per heavy atom. The number of hydrogen-bond acceptors (Lipinski definition) is 8. The van der Waals surface area contributed by atoms with Crippen LogP contribution in [-0.4, -0.2) is 70.9 Å². The van der Waals surface area contributed by atoms with Crippen molar-refractivity contribution < 1.29 is 56.0 Å². The molecule has 0 aliphatic carbocycles. The van der Waals surface area contributed by atoms with Gasteiger partial charge in [0, 0.05) is 0 Å². The van der Waals surface area contributed by atoms with Crippen molar-refractivity contribution in [3.05, 3.63) is 13.2 Å². The summed E-state index contributed by atoms with van der Waals surface area (Å²) in [6.07, 6.45) is -1.89. The lowest BCUT2D eigenvalue weighted by molar-refractivity contribution is -0.149. The van der Waals surface area contributed by atoms with Crippen LogP contribution in [0.4, 0.5) is 0 Å². The molecule has 0 amide bonds. The normalized spacial score (nSPS) is 11.4. The third-order valence-corrected chi connectivity index (χ3v) is 5.46. The van der Waals surface area contributed by atoms with Crippen LogP contribution in [0.2, 0.25) is 0 Å². The minimum atomic E-state index is -5.90. The number of carbonyl (C=O) groups is 2. The molecule has 0 rings (SSSR count). The molecule has 0 spiro atoms. The van der Waals surface area contributed by atoms with Crippen molar-refractivity contribution in [2.45, 2.75) is 10.5 Å². The Bertz CT molecular complexity index is 542. The van der Waals surface area contributed by atoms with E-state index in [0.717, 1.165) is 0 Å². The molecule has 0 heterocycles. The van der Waals surface area contributed by atoms with E-state index in [1.165, 1.54) is 0 Å². The maximum atomic E-state index is 11.1. The first-order chi connectivity index (χ1) is 9.40. The third kappa shape index (κ3) is 5.66. The number of hydrogen-bond donors (Lipinski definition) is 4. The zero-order valence-corrected chi connectivity index (χ0v) is 12.6. The maximum absolute atomic E-state index is 11.1. The van der Waals surface area contributed by atoms with Gasteiger partial charge in [-0.25, -0.2) is 4.79 Å². The smallest absolute Gasteiger partial charge is 0.346 e. The highest BCUT2D eigenvalue weighted by Gasteiger charge is 2.63. The number of aliphatic carboxylic acids is 1. The average molecular weight is 368 g/mol. The molecule has 14 heteroatoms. The standard InChI is InChI=1S/C6H10O11S2.C2H4.H2O/c7-1-2-17-4(8)3-6(5(9)10,18(11,12)13)19(14,15)16;1-2;/h7H,1-3H2,(H,9,10)(H,11,12,13)(H,14,15,16);1-2H2;1H2. The molecule has 0 aromatic heterocycles. The summed E-state index contributed by atoms with van der Waals surface area (Å²) < 4.78 is 61.0. The van der Waals surface area contributed by atoms with E-state index in [1.807, 2.05) is 0 Å². The Kier molecular flexibility index (Phi) is 10.9. The first kappa shape index (κ1) is 25.4. The molecule has 132 valence electrons. The van der Waals surface area contributed by atoms with Crippen LogP contribution < -0.4 is 0 Å². The van der Waals surface area contributed by atoms with E-state index < -0.39 is 55.9 Å². The van der Waals surface area contributed by atoms with E-state index in [4.69, 9.17) is 19.3 Å². The number of rotatable bonds is 7. The Labute approximate surface area is 125 Å². The highest BCUT2D eigenvalue weighted by molar-refractivity contribution is 8.06. The van der Waals surface area contributed by atoms with Crippen molar-refractivity contribution in [3.63, 3.8) is 0 Å². The SMILES string of the molecule is C=C.O.O=C(CC(C(=O)O)(S(=O)(=O)O)S(=O)(=O)O)OCCO. The van der Waals surface area contributed by atoms with E-state index in [9.17, 15) is 26.4 Å². The van der Waals surface area contributed by atoms with Crippen LogP contribution in [0.1, 0.15) is 6.42 Å². The maximum Gasteiger partial charge on any atom is 0.346 e. The van der Waals surface area contributed by atoms with Gasteiger partial charge in [-0.1, -0.05) is 0 Å². The summed E-state index contributed by atoms with van der Waals surface area (Å²) in [7, 11) is -11.8. The second-order valence-corrected chi connectivity index (χ2v) is 6.68. The number of esters is 1. The van der Waals surface area contributed by atoms with Crippen molar-refractivity contribution in [1.29, 1.82) is 0 Å². The monoisotopic (exact) mass is 368 g/mol. The molecule has 0 aromatic rings. The molecule has 0 fully saturated rings. The number of carboxylic acid groups (broad SMARTS) is 1. The number of aliphatic hydroxyl groups is 1. The highest BCUT2D eigenvalue weighted by atomic mass is 32.3. The van der Waals surface area contributed by atoms with Crippen LogP contribution in [0.15, 0.2) is 13.2 Å². The molecule has 12 nitrogen and oxygen atoms in total. The molecule has 0 bridgehead atoms. The van der Waals surface area contributed by atoms with Gasteiger partial charge in [-0.15, -0.1) is 13.2 Å². The van der Waals surface area contributed by atoms with Gasteiger partial charge in [0.15, 0.2) is 0 Å². The lowest BCUT2D eigenvalue weighted by Crippen LogP contribution is -2.54. The summed E-state index contributed by atoms with van der Waals surface area (Å²) in [6.45, 7) is 4.65. The van der Waals surface area contributed by atoms with Crippen LogP contribution in [-0.2, 0) is 34.6 Å². The molecule has 6 N–H and O–H groups in total. The van der Waals surface area contributed by atoms with Crippen LogP contribution in [0.3, 0.4) is 0 Å². The van der Waals surface area contributed by atoms with E-state index in [2.05, 4.69) is 17.9 Å². The fraction of sp³-hybridized carbons (Fsp3) is 0.500. The highest BCUT2D eigenvalue weighted by Crippen LogP contribution is 2.28. The second kappa shape index (κ2) is 9.44. The van der Waals surface area contributed by atoms with Crippen molar-refractivity contribution in [2.24, 2.45) is 0 Å². The fourth-order valence-electron chi connectivity index (χ4n) is 1.01. The molecule has 0 saturated carbocycles. The molecule has 0 atom stereocenters. The summed E-state index contributed by atoms with van der Waals surface area (Å²) in [5, 5.41) is 16.9. The van der Waals surface area contributed by atoms with Gasteiger partial charge in [0.25, 0.3) is 20.2 Å². The first-order valence-corrected chi connectivity index (χ1v) is 7.72. The van der Waals surface area contributed by atoms with Crippen molar-refractivity contribution in [3.8, 4) is 0 Å². The zero-order valence-electron chi connectivity index (χ0n) is 11.0. The van der Waals surface area contributed by atoms with E-state index in [-0.39, 0.29) is 5.48 Å². The molecule has 0 unspecified atom stereocenters. The molecule has 0 saturated heterocycles. The molecular formula is C8H16O12S2. The van der Waals surface area contributed by atoms with Gasteiger partial charge in [0.05, 0.1) is 13.0 Å². The molecule has 0 radical (unpaired) electrons. The fourth-order valence-corrected chi connectivity index (χ4v) is 3.12. The van der Waals surface area contributed by atoms with Crippen molar-refractivity contribution in [1.82, 2.24) is 0 Å². The summed E-state index contributed by atoms with van der Waals surface area (Å²) in [5.74, 6) is -4.36. The van der Waals surface area contributed by atoms with Gasteiger partial charge in [-0.2, -0.15) is 16.8 Å². The van der Waals surface area contributed by atoms with Gasteiger partial charge in [-0.05, 0) is 0 Å². The minimum absolute atomic E-state index is 0. The van der Waals surface area contributed by atoms with Gasteiger partial charge >= 0.3 is 16.0 Å². The molecule has 0 aromatic carbocycles. The Morgan fingerprint density at radius 1 is 1.05 bits per heavy atom. The second-order valence-electron chi connectivity index (χ2n) is 3.13. The molecule has 22 heavy (non-hydrogen) atoms. The number of ether oxygens (including phenoxy) is 1. The van der Waals surface area contributed by atoms with Crippen LogP contribution in [0.5, 0.6) is 0 Å². The molecule has 0 aliphatic heterocycles. The van der Waals surface area contributed by atoms with Crippen LogP contribution in [0.25, 0.3) is 0 Å². The number of carbonyl (C=O) groups excluding carboxylic acids is 1. The van der Waals surface area contributed by atoms with Crippen molar-refractivity contribution >= 4 is 32.2 Å².